The molecule has 8 aromatic rings. The van der Waals surface area contributed by atoms with Crippen LogP contribution in [-0.2, 0) is 25.5 Å². The van der Waals surface area contributed by atoms with Gasteiger partial charge < -0.3 is 14.4 Å². The fraction of sp³-hybridized carbons (Fsp3) is 0.200. The third kappa shape index (κ3) is 6.58. The summed E-state index contributed by atoms with van der Waals surface area (Å²) in [6, 6.07) is 35.8. The van der Waals surface area contributed by atoms with Crippen LogP contribution in [0, 0.1) is 46.8 Å². The van der Waals surface area contributed by atoms with Crippen molar-refractivity contribution in [1.82, 2.24) is 9.97 Å². The summed E-state index contributed by atoms with van der Waals surface area (Å²) in [5.74, 6) is 0. The summed E-state index contributed by atoms with van der Waals surface area (Å²) < 4.78 is 7.86. The number of rotatable bonds is 3. The second-order valence-corrected chi connectivity index (χ2v) is 15.2. The molecule has 3 nitrogen and oxygen atoms in total. The van der Waals surface area contributed by atoms with Gasteiger partial charge in [-0.3, -0.25) is 0 Å². The fourth-order valence-electron chi connectivity index (χ4n) is 6.62. The SMILES string of the molecule is Cc1ccc(-c2[c-]cccc2)nc1.Cc1cccc(C)c1-c1cnc(-c2[c-]ccc3c2oc2c3ccc3c(C)c(C)sc32)cc1C(C)(C)C.[Ir]. The Morgan fingerprint density at radius 1 is 0.680 bits per heavy atom. The van der Waals surface area contributed by atoms with Crippen LogP contribution in [0.5, 0.6) is 0 Å². The molecule has 8 rings (SSSR count). The van der Waals surface area contributed by atoms with E-state index in [4.69, 9.17) is 9.40 Å². The molecular formula is C45H40IrN2OS-2. The Hall–Kier alpha value is -4.41. The Kier molecular flexibility index (Phi) is 9.97. The average molecular weight is 849 g/mol. The number of aryl methyl sites for hydroxylation is 5. The molecule has 0 saturated carbocycles. The molecule has 0 amide bonds. The molecule has 0 atom stereocenters. The number of pyridine rings is 2. The fourth-order valence-corrected chi connectivity index (χ4v) is 7.76. The van der Waals surface area contributed by atoms with E-state index < -0.39 is 0 Å². The number of furan rings is 1. The monoisotopic (exact) mass is 849 g/mol. The molecule has 0 aliphatic carbocycles. The first-order chi connectivity index (χ1) is 23.5. The number of fused-ring (bicyclic) bond motifs is 5. The Balaban J connectivity index is 0.000000260. The predicted molar refractivity (Wildman–Crippen MR) is 207 cm³/mol. The van der Waals surface area contributed by atoms with Crippen molar-refractivity contribution >= 4 is 43.4 Å². The first kappa shape index (κ1) is 35.4. The molecule has 4 aromatic heterocycles. The zero-order valence-corrected chi connectivity index (χ0v) is 33.0. The Labute approximate surface area is 312 Å². The van der Waals surface area contributed by atoms with Crippen molar-refractivity contribution in [1.29, 1.82) is 0 Å². The summed E-state index contributed by atoms with van der Waals surface area (Å²) in [6.45, 7) is 17.6. The molecule has 50 heavy (non-hydrogen) atoms. The van der Waals surface area contributed by atoms with Gasteiger partial charge in [0.25, 0.3) is 0 Å². The molecule has 0 spiro atoms. The third-order valence-corrected chi connectivity index (χ3v) is 10.6. The van der Waals surface area contributed by atoms with Crippen LogP contribution in [0.2, 0.25) is 0 Å². The Morgan fingerprint density at radius 3 is 2.08 bits per heavy atom. The average Bonchev–Trinajstić information content (AvgIpc) is 3.62. The van der Waals surface area contributed by atoms with E-state index in [0.717, 1.165) is 44.5 Å². The number of thiophene rings is 1. The number of hydrogen-bond donors (Lipinski definition) is 0. The Bertz CT molecular complexity index is 2450. The van der Waals surface area contributed by atoms with E-state index in [-0.39, 0.29) is 25.5 Å². The topological polar surface area (TPSA) is 38.9 Å². The van der Waals surface area contributed by atoms with Gasteiger partial charge in [0.05, 0.1) is 10.3 Å². The summed E-state index contributed by atoms with van der Waals surface area (Å²) in [7, 11) is 0. The van der Waals surface area contributed by atoms with Gasteiger partial charge in [0.1, 0.15) is 5.58 Å². The normalized spacial score (nSPS) is 11.4. The molecule has 0 saturated heterocycles. The van der Waals surface area contributed by atoms with E-state index in [1.807, 2.05) is 67.1 Å². The largest absolute Gasteiger partial charge is 0.499 e. The van der Waals surface area contributed by atoms with Crippen LogP contribution in [0.3, 0.4) is 0 Å². The summed E-state index contributed by atoms with van der Waals surface area (Å²) in [6.07, 6.45) is 3.92. The van der Waals surface area contributed by atoms with Crippen molar-refractivity contribution in [3.63, 3.8) is 0 Å². The number of hydrogen-bond acceptors (Lipinski definition) is 4. The van der Waals surface area contributed by atoms with E-state index in [0.29, 0.717) is 0 Å². The van der Waals surface area contributed by atoms with E-state index in [1.165, 1.54) is 53.9 Å². The molecule has 4 heterocycles. The molecule has 0 aliphatic rings. The van der Waals surface area contributed by atoms with Gasteiger partial charge in [-0.05, 0) is 90.2 Å². The Morgan fingerprint density at radius 2 is 1.40 bits per heavy atom. The molecule has 0 bridgehead atoms. The molecule has 253 valence electrons. The van der Waals surface area contributed by atoms with Crippen molar-refractivity contribution < 1.29 is 24.5 Å². The minimum absolute atomic E-state index is 0. The molecule has 5 heteroatoms. The van der Waals surface area contributed by atoms with Gasteiger partial charge >= 0.3 is 0 Å². The standard InChI is InChI=1S/C33H30NOS.C12H10N.Ir/c1-18-10-8-11-19(2)29(18)26-17-34-28(16-27(26)33(5,6)7)25-13-9-12-23-24-15-14-22-20(3)21(4)36-32(22)31(24)35-30(23)25;1-10-7-8-12(13-9-10)11-5-3-2-4-6-11;/h8-12,14-17H,1-7H3;2-5,7-9H,1H3;/q2*-1;. The molecule has 1 radical (unpaired) electrons. The molecule has 0 N–H and O–H groups in total. The van der Waals surface area contributed by atoms with E-state index >= 15 is 0 Å². The minimum Gasteiger partial charge on any atom is -0.499 e. The van der Waals surface area contributed by atoms with Gasteiger partial charge in [-0.2, -0.15) is 0 Å². The van der Waals surface area contributed by atoms with Gasteiger partial charge in [0.15, 0.2) is 0 Å². The predicted octanol–water partition coefficient (Wildman–Crippen LogP) is 12.7. The molecule has 0 unspecified atom stereocenters. The number of nitrogens with zero attached hydrogens (tertiary/aromatic N) is 2. The van der Waals surface area contributed by atoms with Gasteiger partial charge in [0, 0.05) is 48.3 Å². The van der Waals surface area contributed by atoms with Crippen LogP contribution in [-0.4, -0.2) is 9.97 Å². The van der Waals surface area contributed by atoms with E-state index in [9.17, 15) is 0 Å². The second kappa shape index (κ2) is 14.1. The van der Waals surface area contributed by atoms with Crippen LogP contribution in [0.1, 0.15) is 53.5 Å². The van der Waals surface area contributed by atoms with Crippen molar-refractivity contribution in [2.24, 2.45) is 0 Å². The maximum absolute atomic E-state index is 6.64. The van der Waals surface area contributed by atoms with E-state index in [1.54, 1.807) is 0 Å². The van der Waals surface area contributed by atoms with Crippen molar-refractivity contribution in [2.75, 3.05) is 0 Å². The third-order valence-electron chi connectivity index (χ3n) is 9.36. The molecular weight excluding hydrogens is 809 g/mol. The summed E-state index contributed by atoms with van der Waals surface area (Å²) >= 11 is 1.81. The van der Waals surface area contributed by atoms with Crippen molar-refractivity contribution in [2.45, 2.75) is 60.8 Å². The maximum Gasteiger partial charge on any atom is 0.138 e. The molecule has 0 aliphatic heterocycles. The number of aromatic nitrogens is 2. The summed E-state index contributed by atoms with van der Waals surface area (Å²) in [4.78, 5) is 10.6. The van der Waals surface area contributed by atoms with Crippen LogP contribution in [0.4, 0.5) is 0 Å². The zero-order valence-electron chi connectivity index (χ0n) is 29.8. The van der Waals surface area contributed by atoms with Gasteiger partial charge in [-0.25, -0.2) is 0 Å². The van der Waals surface area contributed by atoms with Crippen LogP contribution in [0.25, 0.3) is 65.7 Å². The van der Waals surface area contributed by atoms with Crippen molar-refractivity contribution in [3.8, 4) is 33.6 Å². The van der Waals surface area contributed by atoms with Crippen LogP contribution >= 0.6 is 11.3 Å². The minimum atomic E-state index is -0.0539. The number of benzene rings is 4. The zero-order chi connectivity index (χ0) is 34.4. The first-order valence-electron chi connectivity index (χ1n) is 16.7. The van der Waals surface area contributed by atoms with Gasteiger partial charge in [-0.15, -0.1) is 65.4 Å². The quantitative estimate of drug-likeness (QED) is 0.166. The summed E-state index contributed by atoms with van der Waals surface area (Å²) in [5.41, 5.74) is 14.4. The second-order valence-electron chi connectivity index (χ2n) is 13.9. The first-order valence-corrected chi connectivity index (χ1v) is 17.6. The van der Waals surface area contributed by atoms with Crippen molar-refractivity contribution in [3.05, 3.63) is 142 Å². The smallest absolute Gasteiger partial charge is 0.138 e. The van der Waals surface area contributed by atoms with E-state index in [2.05, 4.69) is 114 Å². The van der Waals surface area contributed by atoms with Gasteiger partial charge in [0.2, 0.25) is 0 Å². The van der Waals surface area contributed by atoms with Crippen LogP contribution < -0.4 is 0 Å². The van der Waals surface area contributed by atoms with Crippen LogP contribution in [0.15, 0.2) is 102 Å². The molecule has 0 fully saturated rings. The maximum atomic E-state index is 6.64. The summed E-state index contributed by atoms with van der Waals surface area (Å²) in [5, 5.41) is 3.54. The molecule has 4 aromatic carbocycles. The van der Waals surface area contributed by atoms with Gasteiger partial charge in [-0.1, -0.05) is 80.3 Å².